The van der Waals surface area contributed by atoms with Crippen LogP contribution < -0.4 is 0 Å². The summed E-state index contributed by atoms with van der Waals surface area (Å²) in [4.78, 5) is 22.5. The first-order chi connectivity index (χ1) is 7.77. The Morgan fingerprint density at radius 1 is 0.833 bits per heavy atom. The fraction of sp³-hybridized carbons (Fsp3) is 0.750. The zero-order chi connectivity index (χ0) is 14.8. The Kier molecular flexibility index (Phi) is 7.92. The van der Waals surface area contributed by atoms with Gasteiger partial charge in [-0.05, 0) is 12.8 Å². The molecule has 0 aromatic heterocycles. The summed E-state index contributed by atoms with van der Waals surface area (Å²) in [5.41, 5.74) is -1.47. The Morgan fingerprint density at radius 3 is 1.33 bits per heavy atom. The van der Waals surface area contributed by atoms with Crippen molar-refractivity contribution >= 4 is 108 Å². The van der Waals surface area contributed by atoms with Crippen molar-refractivity contribution in [1.82, 2.24) is 0 Å². The van der Waals surface area contributed by atoms with E-state index in [1.165, 1.54) is 0 Å². The van der Waals surface area contributed by atoms with Crippen LogP contribution in [0.15, 0.2) is 0 Å². The van der Waals surface area contributed by atoms with Gasteiger partial charge in [-0.2, -0.15) is 0 Å². The van der Waals surface area contributed by atoms with Crippen molar-refractivity contribution in [2.75, 3.05) is 0 Å². The van der Waals surface area contributed by atoms with Crippen LogP contribution >= 0.6 is 95.6 Å². The number of rotatable bonds is 5. The van der Waals surface area contributed by atoms with Crippen LogP contribution in [-0.2, 0) is 9.59 Å². The van der Waals surface area contributed by atoms with Gasteiger partial charge in [0.1, 0.15) is 4.29 Å². The van der Waals surface area contributed by atoms with Crippen LogP contribution in [-0.4, -0.2) is 26.4 Å². The Hall–Kier alpha value is 1.82. The van der Waals surface area contributed by atoms with Gasteiger partial charge in [0, 0.05) is 0 Å². The number of carbonyl (C=O) groups is 2. The lowest BCUT2D eigenvalue weighted by Gasteiger charge is -2.34. The predicted molar refractivity (Wildman–Crippen MR) is 90.6 cm³/mol. The first-order valence-corrected chi connectivity index (χ1v) is 9.12. The standard InChI is InChI=1S/C8H8Br6O4/c9-7(10,11)2-6(5(17)18,1-4(15)16)3-8(12,13)14/h1-3H2,(H,15,16)(H,17,18). The van der Waals surface area contributed by atoms with Crippen molar-refractivity contribution in [3.8, 4) is 0 Å². The molecule has 0 saturated heterocycles. The van der Waals surface area contributed by atoms with Crippen LogP contribution in [0.2, 0.25) is 0 Å². The highest BCUT2D eigenvalue weighted by molar-refractivity contribution is 9.39. The smallest absolute Gasteiger partial charge is 0.310 e. The molecule has 0 aromatic carbocycles. The fourth-order valence-corrected chi connectivity index (χ4v) is 4.69. The number of carboxylic acids is 2. The summed E-state index contributed by atoms with van der Waals surface area (Å²) in [7, 11) is 0. The molecule has 0 bridgehead atoms. The van der Waals surface area contributed by atoms with Crippen molar-refractivity contribution in [3.05, 3.63) is 0 Å². The normalized spacial score (nSPS) is 13.4. The third-order valence-corrected chi connectivity index (χ3v) is 3.70. The minimum atomic E-state index is -1.47. The number of carboxylic acid groups (broad SMARTS) is 2. The average molecular weight is 648 g/mol. The van der Waals surface area contributed by atoms with Gasteiger partial charge >= 0.3 is 11.9 Å². The molecule has 0 fully saturated rings. The van der Waals surface area contributed by atoms with E-state index >= 15 is 0 Å². The highest BCUT2D eigenvalue weighted by Crippen LogP contribution is 2.53. The number of alkyl halides is 6. The van der Waals surface area contributed by atoms with Crippen molar-refractivity contribution in [1.29, 1.82) is 0 Å². The van der Waals surface area contributed by atoms with Crippen molar-refractivity contribution in [2.45, 2.75) is 23.5 Å². The Labute approximate surface area is 154 Å². The Morgan fingerprint density at radius 2 is 1.17 bits per heavy atom. The van der Waals surface area contributed by atoms with Gasteiger partial charge in [-0.1, -0.05) is 95.6 Å². The Bertz CT molecular complexity index is 315. The molecule has 0 saturated carbocycles. The molecule has 10 heteroatoms. The second-order valence-corrected chi connectivity index (χ2v) is 18.2. The topological polar surface area (TPSA) is 74.6 Å². The molecule has 0 aliphatic heterocycles. The molecule has 4 nitrogen and oxygen atoms in total. The zero-order valence-corrected chi connectivity index (χ0v) is 18.1. The lowest BCUT2D eigenvalue weighted by Crippen LogP contribution is -2.39. The fourth-order valence-electron chi connectivity index (χ4n) is 1.47. The summed E-state index contributed by atoms with van der Waals surface area (Å²) in [6, 6.07) is 0. The Balaban J connectivity index is 5.43. The van der Waals surface area contributed by atoms with Crippen LogP contribution in [0.4, 0.5) is 0 Å². The maximum absolute atomic E-state index is 11.5. The SMILES string of the molecule is O=C(O)CC(CC(Br)(Br)Br)(CC(Br)(Br)Br)C(=O)O. The summed E-state index contributed by atoms with van der Waals surface area (Å²) in [5, 5.41) is 18.3. The van der Waals surface area contributed by atoms with Crippen molar-refractivity contribution in [3.63, 3.8) is 0 Å². The van der Waals surface area contributed by atoms with Crippen LogP contribution in [0.5, 0.6) is 0 Å². The third kappa shape index (κ3) is 8.18. The van der Waals surface area contributed by atoms with E-state index in [0.717, 1.165) is 0 Å². The van der Waals surface area contributed by atoms with Gasteiger partial charge in [0.2, 0.25) is 0 Å². The van der Waals surface area contributed by atoms with E-state index in [2.05, 4.69) is 95.6 Å². The third-order valence-electron chi connectivity index (χ3n) is 2.02. The molecule has 0 aromatic rings. The number of halogens is 6. The van der Waals surface area contributed by atoms with E-state index in [0.29, 0.717) is 0 Å². The largest absolute Gasteiger partial charge is 0.481 e. The minimum absolute atomic E-state index is 0.0200. The predicted octanol–water partition coefficient (Wildman–Crippen LogP) is 4.99. The number of hydrogen-bond donors (Lipinski definition) is 2. The van der Waals surface area contributed by atoms with E-state index < -0.39 is 28.1 Å². The lowest BCUT2D eigenvalue weighted by molar-refractivity contribution is -0.156. The highest BCUT2D eigenvalue weighted by atomic mass is 80.0. The zero-order valence-electron chi connectivity index (χ0n) is 8.60. The quantitative estimate of drug-likeness (QED) is 0.413. The molecule has 0 unspecified atom stereocenters. The molecule has 0 radical (unpaired) electrons. The average Bonchev–Trinajstić information content (AvgIpc) is 1.93. The van der Waals surface area contributed by atoms with E-state index in [9.17, 15) is 14.7 Å². The van der Waals surface area contributed by atoms with Crippen LogP contribution in [0.1, 0.15) is 19.3 Å². The second kappa shape index (κ2) is 7.20. The molecule has 0 amide bonds. The van der Waals surface area contributed by atoms with Gasteiger partial charge in [-0.15, -0.1) is 0 Å². The molecule has 0 aliphatic carbocycles. The van der Waals surface area contributed by atoms with Crippen LogP contribution in [0, 0.1) is 5.41 Å². The van der Waals surface area contributed by atoms with Gasteiger partial charge in [-0.25, -0.2) is 0 Å². The molecule has 0 spiro atoms. The molecule has 18 heavy (non-hydrogen) atoms. The van der Waals surface area contributed by atoms with E-state index in [1.807, 2.05) is 0 Å². The summed E-state index contributed by atoms with van der Waals surface area (Å²) in [6.45, 7) is 0. The van der Waals surface area contributed by atoms with Gasteiger partial charge < -0.3 is 10.2 Å². The van der Waals surface area contributed by atoms with E-state index in [1.54, 1.807) is 0 Å². The lowest BCUT2D eigenvalue weighted by atomic mass is 9.79. The first kappa shape index (κ1) is 19.8. The van der Waals surface area contributed by atoms with Crippen LogP contribution in [0.3, 0.4) is 0 Å². The molecular weight excluding hydrogens is 640 g/mol. The van der Waals surface area contributed by atoms with Gasteiger partial charge in [0.15, 0.2) is 0 Å². The summed E-state index contributed by atoms with van der Waals surface area (Å²) in [6.07, 6.45) is -0.463. The molecule has 2 N–H and O–H groups in total. The first-order valence-electron chi connectivity index (χ1n) is 4.36. The molecule has 0 rings (SSSR count). The van der Waals surface area contributed by atoms with Gasteiger partial charge in [-0.3, -0.25) is 9.59 Å². The second-order valence-electron chi connectivity index (χ2n) is 3.74. The summed E-state index contributed by atoms with van der Waals surface area (Å²) >= 11 is 19.3. The number of hydrogen-bond acceptors (Lipinski definition) is 2. The summed E-state index contributed by atoms with van der Waals surface area (Å²) < 4.78 is -1.70. The minimum Gasteiger partial charge on any atom is -0.481 e. The van der Waals surface area contributed by atoms with Crippen molar-refractivity contribution in [2.24, 2.45) is 5.41 Å². The van der Waals surface area contributed by atoms with E-state index in [4.69, 9.17) is 5.11 Å². The molecule has 0 aliphatic rings. The molecule has 106 valence electrons. The molecule has 0 heterocycles. The monoisotopic (exact) mass is 642 g/mol. The van der Waals surface area contributed by atoms with Gasteiger partial charge in [0.05, 0.1) is 11.8 Å². The maximum Gasteiger partial charge on any atom is 0.310 e. The van der Waals surface area contributed by atoms with Crippen molar-refractivity contribution < 1.29 is 19.8 Å². The maximum atomic E-state index is 11.5. The number of aliphatic carboxylic acids is 2. The van der Waals surface area contributed by atoms with E-state index in [-0.39, 0.29) is 12.8 Å². The summed E-state index contributed by atoms with van der Waals surface area (Å²) in [5.74, 6) is -2.36. The molecular formula is C8H8Br6O4. The van der Waals surface area contributed by atoms with Gasteiger partial charge in [0.25, 0.3) is 0 Å². The highest BCUT2D eigenvalue weighted by Gasteiger charge is 2.49. The molecule has 0 atom stereocenters. The van der Waals surface area contributed by atoms with Crippen LogP contribution in [0.25, 0.3) is 0 Å².